The van der Waals surface area contributed by atoms with Crippen molar-refractivity contribution in [3.05, 3.63) is 58.9 Å². The second-order valence-electron chi connectivity index (χ2n) is 6.81. The molecule has 3 rings (SSSR count). The van der Waals surface area contributed by atoms with E-state index in [0.29, 0.717) is 18.7 Å². The van der Waals surface area contributed by atoms with Gasteiger partial charge in [0.25, 0.3) is 15.9 Å². The molecule has 1 heterocycles. The molecule has 0 bridgehead atoms. The molecule has 1 N–H and O–H groups in total. The van der Waals surface area contributed by atoms with Gasteiger partial charge in [-0.1, -0.05) is 30.9 Å². The molecule has 1 amide bonds. The maximum atomic E-state index is 13.1. The van der Waals surface area contributed by atoms with Crippen molar-refractivity contribution in [1.82, 2.24) is 4.90 Å². The minimum atomic E-state index is -3.96. The number of nitrogens with zero attached hydrogens (tertiary/aromatic N) is 1. The van der Waals surface area contributed by atoms with Crippen molar-refractivity contribution in [3.63, 3.8) is 0 Å². The summed E-state index contributed by atoms with van der Waals surface area (Å²) in [4.78, 5) is 14.6. The smallest absolute Gasteiger partial charge is 0.261 e. The van der Waals surface area contributed by atoms with Gasteiger partial charge in [0, 0.05) is 18.7 Å². The molecule has 28 heavy (non-hydrogen) atoms. The third-order valence-corrected chi connectivity index (χ3v) is 6.44. The van der Waals surface area contributed by atoms with E-state index >= 15 is 0 Å². The van der Waals surface area contributed by atoms with Crippen molar-refractivity contribution in [2.45, 2.75) is 37.0 Å². The molecule has 2 aromatic carbocycles. The summed E-state index contributed by atoms with van der Waals surface area (Å²) in [6.07, 6.45) is 5.32. The summed E-state index contributed by atoms with van der Waals surface area (Å²) in [5.41, 5.74) is 0.491. The highest BCUT2D eigenvalue weighted by atomic mass is 35.5. The Morgan fingerprint density at radius 1 is 0.964 bits per heavy atom. The average molecular weight is 425 g/mol. The van der Waals surface area contributed by atoms with Crippen LogP contribution in [0.3, 0.4) is 0 Å². The van der Waals surface area contributed by atoms with Crippen LogP contribution in [-0.2, 0) is 10.0 Å². The molecule has 1 saturated heterocycles. The van der Waals surface area contributed by atoms with Gasteiger partial charge in [-0.05, 0) is 55.3 Å². The van der Waals surface area contributed by atoms with Gasteiger partial charge in [0.05, 0.1) is 15.6 Å². The Bertz CT molecular complexity index is 940. The van der Waals surface area contributed by atoms with E-state index in [1.165, 1.54) is 30.7 Å². The molecule has 0 atom stereocenters. The topological polar surface area (TPSA) is 66.5 Å². The molecule has 0 spiro atoms. The summed E-state index contributed by atoms with van der Waals surface area (Å²) in [6, 6.07) is 9.02. The Morgan fingerprint density at radius 3 is 2.21 bits per heavy atom. The number of carbonyl (C=O) groups is 1. The molecular weight excluding hydrogens is 403 g/mol. The lowest BCUT2D eigenvalue weighted by molar-refractivity contribution is 0.0742. The second-order valence-corrected chi connectivity index (χ2v) is 8.90. The van der Waals surface area contributed by atoms with Crippen LogP contribution < -0.4 is 4.72 Å². The van der Waals surface area contributed by atoms with Gasteiger partial charge in [-0.15, -0.1) is 0 Å². The molecule has 0 radical (unpaired) electrons. The molecule has 1 fully saturated rings. The maximum absolute atomic E-state index is 13.1. The molecule has 0 aromatic heterocycles. The minimum absolute atomic E-state index is 0.0922. The number of anilines is 1. The number of benzene rings is 2. The molecule has 1 aliphatic heterocycles. The van der Waals surface area contributed by atoms with Crippen LogP contribution in [0.4, 0.5) is 10.1 Å². The van der Waals surface area contributed by atoms with E-state index in [-0.39, 0.29) is 21.5 Å². The number of nitrogens with one attached hydrogen (secondary N) is 1. The zero-order valence-corrected chi connectivity index (χ0v) is 16.9. The Balaban J connectivity index is 1.82. The van der Waals surface area contributed by atoms with Crippen LogP contribution in [0.2, 0.25) is 5.02 Å². The lowest BCUT2D eigenvalue weighted by Crippen LogP contribution is -2.33. The first-order valence-corrected chi connectivity index (χ1v) is 11.1. The van der Waals surface area contributed by atoms with Crippen LogP contribution in [-0.4, -0.2) is 32.3 Å². The number of hydrogen-bond acceptors (Lipinski definition) is 3. The molecule has 0 saturated carbocycles. The molecule has 5 nitrogen and oxygen atoms in total. The van der Waals surface area contributed by atoms with E-state index in [9.17, 15) is 17.6 Å². The van der Waals surface area contributed by atoms with Crippen molar-refractivity contribution in [1.29, 1.82) is 0 Å². The van der Waals surface area contributed by atoms with Gasteiger partial charge >= 0.3 is 0 Å². The van der Waals surface area contributed by atoms with E-state index in [2.05, 4.69) is 4.72 Å². The van der Waals surface area contributed by atoms with E-state index in [1.54, 1.807) is 11.0 Å². The molecular formula is C20H22ClFN2O3S. The van der Waals surface area contributed by atoms with Crippen LogP contribution in [0.5, 0.6) is 0 Å². The van der Waals surface area contributed by atoms with E-state index in [4.69, 9.17) is 11.6 Å². The third-order valence-electron chi connectivity index (χ3n) is 4.72. The molecule has 0 unspecified atom stereocenters. The van der Waals surface area contributed by atoms with Crippen molar-refractivity contribution >= 4 is 33.2 Å². The minimum Gasteiger partial charge on any atom is -0.339 e. The first-order chi connectivity index (χ1) is 13.4. The monoisotopic (exact) mass is 424 g/mol. The van der Waals surface area contributed by atoms with Crippen LogP contribution in [0.25, 0.3) is 0 Å². The van der Waals surface area contributed by atoms with E-state index < -0.39 is 15.8 Å². The molecule has 8 heteroatoms. The summed E-state index contributed by atoms with van der Waals surface area (Å²) in [5, 5.41) is 0.176. The highest BCUT2D eigenvalue weighted by Crippen LogP contribution is 2.27. The highest BCUT2D eigenvalue weighted by Gasteiger charge is 2.20. The van der Waals surface area contributed by atoms with Gasteiger partial charge in [0.15, 0.2) is 0 Å². The number of rotatable bonds is 4. The fourth-order valence-corrected chi connectivity index (χ4v) is 4.48. The fourth-order valence-electron chi connectivity index (χ4n) is 3.19. The fraction of sp³-hybridized carbons (Fsp3) is 0.350. The number of likely N-dealkylation sites (tertiary alicyclic amines) is 1. The molecule has 150 valence electrons. The predicted molar refractivity (Wildman–Crippen MR) is 108 cm³/mol. The number of amides is 1. The highest BCUT2D eigenvalue weighted by molar-refractivity contribution is 7.92. The number of hydrogen-bond donors (Lipinski definition) is 1. The van der Waals surface area contributed by atoms with Crippen molar-refractivity contribution < 1.29 is 17.6 Å². The number of halogens is 2. The summed E-state index contributed by atoms with van der Waals surface area (Å²) in [6.45, 7) is 1.39. The lowest BCUT2D eigenvalue weighted by atomic mass is 10.1. The Labute approximate surface area is 169 Å². The van der Waals surface area contributed by atoms with Crippen LogP contribution >= 0.6 is 11.6 Å². The maximum Gasteiger partial charge on any atom is 0.261 e. The summed E-state index contributed by atoms with van der Waals surface area (Å²) >= 11 is 6.14. The zero-order chi connectivity index (χ0) is 20.1. The van der Waals surface area contributed by atoms with Crippen LogP contribution in [0.15, 0.2) is 47.4 Å². The predicted octanol–water partition coefficient (Wildman–Crippen LogP) is 4.69. The van der Waals surface area contributed by atoms with Gasteiger partial charge < -0.3 is 4.90 Å². The Kier molecular flexibility index (Phi) is 6.57. The summed E-state index contributed by atoms with van der Waals surface area (Å²) in [7, 11) is -3.96. The molecule has 1 aliphatic rings. The lowest BCUT2D eigenvalue weighted by Gasteiger charge is -2.25. The van der Waals surface area contributed by atoms with Crippen molar-refractivity contribution in [2.75, 3.05) is 17.8 Å². The first-order valence-electron chi connectivity index (χ1n) is 9.24. The van der Waals surface area contributed by atoms with Gasteiger partial charge in [-0.3, -0.25) is 9.52 Å². The largest absolute Gasteiger partial charge is 0.339 e. The van der Waals surface area contributed by atoms with Crippen molar-refractivity contribution in [2.24, 2.45) is 0 Å². The van der Waals surface area contributed by atoms with Crippen molar-refractivity contribution in [3.8, 4) is 0 Å². The van der Waals surface area contributed by atoms with Gasteiger partial charge in [-0.2, -0.15) is 0 Å². The standard InChI is InChI=1S/C20H22ClFN2O3S/c21-18-11-6-15(20(25)24-12-4-2-1-3-5-13-24)14-19(18)23-28(26,27)17-9-7-16(22)8-10-17/h6-11,14,23H,1-5,12-13H2. The second kappa shape index (κ2) is 8.92. The first kappa shape index (κ1) is 20.6. The third kappa shape index (κ3) is 5.02. The Morgan fingerprint density at radius 2 is 1.57 bits per heavy atom. The number of sulfonamides is 1. The summed E-state index contributed by atoms with van der Waals surface area (Å²) < 4.78 is 40.5. The SMILES string of the molecule is O=C(c1ccc(Cl)c(NS(=O)(=O)c2ccc(F)cc2)c1)N1CCCCCCC1. The van der Waals surface area contributed by atoms with Crippen LogP contribution in [0, 0.1) is 5.82 Å². The Hall–Kier alpha value is -2.12. The van der Waals surface area contributed by atoms with Gasteiger partial charge in [0.1, 0.15) is 5.82 Å². The molecule has 0 aliphatic carbocycles. The van der Waals surface area contributed by atoms with Crippen LogP contribution in [0.1, 0.15) is 42.5 Å². The number of carbonyl (C=O) groups excluding carboxylic acids is 1. The zero-order valence-electron chi connectivity index (χ0n) is 15.3. The van der Waals surface area contributed by atoms with E-state index in [1.807, 2.05) is 0 Å². The van der Waals surface area contributed by atoms with Gasteiger partial charge in [0.2, 0.25) is 0 Å². The molecule has 2 aromatic rings. The normalized spacial score (nSPS) is 15.6. The van der Waals surface area contributed by atoms with Gasteiger partial charge in [-0.25, -0.2) is 12.8 Å². The summed E-state index contributed by atoms with van der Waals surface area (Å²) in [5.74, 6) is -0.668. The van der Waals surface area contributed by atoms with E-state index in [0.717, 1.165) is 37.8 Å². The quantitative estimate of drug-likeness (QED) is 0.774. The average Bonchev–Trinajstić information content (AvgIpc) is 2.63.